The topological polar surface area (TPSA) is 20.2 Å². The molecule has 10 atom stereocenters. The van der Waals surface area contributed by atoms with Gasteiger partial charge < -0.3 is 5.11 Å². The molecule has 0 aromatic carbocycles. The van der Waals surface area contributed by atoms with Crippen molar-refractivity contribution in [3.05, 3.63) is 12.2 Å². The van der Waals surface area contributed by atoms with Gasteiger partial charge in [0.2, 0.25) is 0 Å². The normalized spacial score (nSPS) is 50.6. The van der Waals surface area contributed by atoms with Crippen LogP contribution in [-0.2, 0) is 0 Å². The van der Waals surface area contributed by atoms with Gasteiger partial charge in [-0.05, 0) is 110 Å². The molecule has 6 unspecified atom stereocenters. The van der Waals surface area contributed by atoms with Crippen molar-refractivity contribution in [2.24, 2.45) is 52.3 Å². The molecule has 0 spiro atoms. The highest BCUT2D eigenvalue weighted by Crippen LogP contribution is 2.68. The van der Waals surface area contributed by atoms with Gasteiger partial charge in [-0.1, -0.05) is 53.2 Å². The maximum absolute atomic E-state index is 10.2. The molecular formula is C27H46O. The van der Waals surface area contributed by atoms with Crippen molar-refractivity contribution in [1.29, 1.82) is 0 Å². The Morgan fingerprint density at radius 3 is 2.36 bits per heavy atom. The molecule has 0 aliphatic heterocycles. The zero-order valence-electron chi connectivity index (χ0n) is 19.3. The number of allylic oxidation sites excluding steroid dienone is 2. The summed E-state index contributed by atoms with van der Waals surface area (Å²) in [6.45, 7) is 12.5. The minimum Gasteiger partial charge on any atom is -0.393 e. The van der Waals surface area contributed by atoms with E-state index in [0.717, 1.165) is 54.3 Å². The molecule has 1 N–H and O–H groups in total. The Bertz CT molecular complexity index is 581. The highest BCUT2D eigenvalue weighted by atomic mass is 16.3. The second kappa shape index (κ2) is 7.75. The van der Waals surface area contributed by atoms with Crippen molar-refractivity contribution in [3.63, 3.8) is 0 Å². The van der Waals surface area contributed by atoms with Gasteiger partial charge in [0.1, 0.15) is 0 Å². The van der Waals surface area contributed by atoms with Crippen molar-refractivity contribution in [2.45, 2.75) is 105 Å². The summed E-state index contributed by atoms with van der Waals surface area (Å²) in [4.78, 5) is 0. The van der Waals surface area contributed by atoms with Gasteiger partial charge in [-0.25, -0.2) is 0 Å². The molecule has 4 rings (SSSR count). The van der Waals surface area contributed by atoms with Gasteiger partial charge in [-0.15, -0.1) is 0 Å². The van der Waals surface area contributed by atoms with Gasteiger partial charge in [0, 0.05) is 0 Å². The van der Waals surface area contributed by atoms with Crippen LogP contribution in [0.25, 0.3) is 0 Å². The van der Waals surface area contributed by atoms with Crippen LogP contribution in [0.3, 0.4) is 0 Å². The van der Waals surface area contributed by atoms with Crippen LogP contribution in [0.5, 0.6) is 0 Å². The van der Waals surface area contributed by atoms with Crippen LogP contribution >= 0.6 is 0 Å². The summed E-state index contributed by atoms with van der Waals surface area (Å²) in [6, 6.07) is 0. The SMILES string of the molecule is CC[C@H](C)/C=C/[C@@H](C)[C@H]1CCC2C3CCC4C[C@@H](O)CCC4(C)C3CCC21C. The molecule has 1 nitrogen and oxygen atoms in total. The Balaban J connectivity index is 1.51. The summed E-state index contributed by atoms with van der Waals surface area (Å²) in [7, 11) is 0. The van der Waals surface area contributed by atoms with Crippen LogP contribution in [0.2, 0.25) is 0 Å². The number of fused-ring (bicyclic) bond motifs is 5. The summed E-state index contributed by atoms with van der Waals surface area (Å²) in [5.74, 6) is 5.99. The maximum Gasteiger partial charge on any atom is 0.0543 e. The quantitative estimate of drug-likeness (QED) is 0.505. The Kier molecular flexibility index (Phi) is 5.80. The van der Waals surface area contributed by atoms with Gasteiger partial charge >= 0.3 is 0 Å². The van der Waals surface area contributed by atoms with Crippen molar-refractivity contribution < 1.29 is 5.11 Å². The molecule has 0 aromatic rings. The van der Waals surface area contributed by atoms with E-state index in [1.807, 2.05) is 0 Å². The zero-order valence-corrected chi connectivity index (χ0v) is 19.3. The van der Waals surface area contributed by atoms with Crippen LogP contribution in [-0.4, -0.2) is 11.2 Å². The minimum atomic E-state index is -0.0162. The van der Waals surface area contributed by atoms with Crippen molar-refractivity contribution in [1.82, 2.24) is 0 Å². The van der Waals surface area contributed by atoms with Gasteiger partial charge in [0.25, 0.3) is 0 Å². The Labute approximate surface area is 174 Å². The summed E-state index contributed by atoms with van der Waals surface area (Å²) in [5, 5.41) is 10.2. The van der Waals surface area contributed by atoms with E-state index in [1.54, 1.807) is 0 Å². The lowest BCUT2D eigenvalue weighted by Gasteiger charge is -2.61. The second-order valence-electron chi connectivity index (χ2n) is 11.9. The highest BCUT2D eigenvalue weighted by molar-refractivity contribution is 5.11. The van der Waals surface area contributed by atoms with E-state index in [1.165, 1.54) is 51.4 Å². The molecule has 0 saturated heterocycles. The molecule has 4 fully saturated rings. The molecule has 4 aliphatic carbocycles. The van der Waals surface area contributed by atoms with E-state index in [9.17, 15) is 5.11 Å². The smallest absolute Gasteiger partial charge is 0.0543 e. The molecule has 160 valence electrons. The van der Waals surface area contributed by atoms with Gasteiger partial charge in [0.05, 0.1) is 6.10 Å². The molecule has 28 heavy (non-hydrogen) atoms. The summed E-state index contributed by atoms with van der Waals surface area (Å²) in [6.07, 6.45) is 18.4. The van der Waals surface area contributed by atoms with Crippen LogP contribution in [0.15, 0.2) is 12.2 Å². The first-order valence-corrected chi connectivity index (χ1v) is 12.7. The number of rotatable bonds is 4. The largest absolute Gasteiger partial charge is 0.393 e. The first kappa shape index (κ1) is 21.0. The Hall–Kier alpha value is -0.300. The first-order chi connectivity index (χ1) is 13.3. The van der Waals surface area contributed by atoms with Gasteiger partial charge in [-0.3, -0.25) is 0 Å². The summed E-state index contributed by atoms with van der Waals surface area (Å²) < 4.78 is 0. The predicted octanol–water partition coefficient (Wildman–Crippen LogP) is 7.24. The Morgan fingerprint density at radius 1 is 0.893 bits per heavy atom. The third-order valence-corrected chi connectivity index (χ3v) is 10.7. The number of aliphatic hydroxyl groups is 1. The lowest BCUT2D eigenvalue weighted by Crippen LogP contribution is -2.54. The number of aliphatic hydroxyl groups excluding tert-OH is 1. The van der Waals surface area contributed by atoms with Crippen LogP contribution in [0, 0.1) is 52.3 Å². The molecule has 4 aliphatic rings. The molecule has 0 aromatic heterocycles. The fourth-order valence-electron chi connectivity index (χ4n) is 8.77. The molecule has 0 radical (unpaired) electrons. The van der Waals surface area contributed by atoms with Crippen LogP contribution < -0.4 is 0 Å². The lowest BCUT2D eigenvalue weighted by atomic mass is 9.44. The zero-order chi connectivity index (χ0) is 20.1. The second-order valence-corrected chi connectivity index (χ2v) is 11.9. The fraction of sp³-hybridized carbons (Fsp3) is 0.926. The Morgan fingerprint density at radius 2 is 1.61 bits per heavy atom. The maximum atomic E-state index is 10.2. The first-order valence-electron chi connectivity index (χ1n) is 12.7. The predicted molar refractivity (Wildman–Crippen MR) is 119 cm³/mol. The molecule has 1 heteroatoms. The van der Waals surface area contributed by atoms with E-state index in [2.05, 4.69) is 46.8 Å². The van der Waals surface area contributed by atoms with Crippen molar-refractivity contribution >= 4 is 0 Å². The minimum absolute atomic E-state index is 0.0162. The monoisotopic (exact) mass is 386 g/mol. The molecular weight excluding hydrogens is 340 g/mol. The number of hydrogen-bond donors (Lipinski definition) is 1. The summed E-state index contributed by atoms with van der Waals surface area (Å²) in [5.41, 5.74) is 1.08. The van der Waals surface area contributed by atoms with E-state index in [0.29, 0.717) is 10.8 Å². The molecule has 0 heterocycles. The van der Waals surface area contributed by atoms with E-state index in [4.69, 9.17) is 0 Å². The number of hydrogen-bond acceptors (Lipinski definition) is 1. The van der Waals surface area contributed by atoms with E-state index < -0.39 is 0 Å². The third-order valence-electron chi connectivity index (χ3n) is 10.7. The standard InChI is InChI=1S/C27H46O/c1-6-18(2)7-8-19(3)23-11-12-24-22-10-9-20-17-21(28)13-15-26(20,4)25(22)14-16-27(23,24)5/h7-8,18-25,28H,6,9-17H2,1-5H3/b8-7+/t18-,19+,20?,21-,22?,23+,24?,25?,26?,27?/m0/s1. The average Bonchev–Trinajstić information content (AvgIpc) is 3.03. The highest BCUT2D eigenvalue weighted by Gasteiger charge is 2.60. The van der Waals surface area contributed by atoms with Crippen LogP contribution in [0.1, 0.15) is 98.8 Å². The molecule has 0 amide bonds. The van der Waals surface area contributed by atoms with Gasteiger partial charge in [0.15, 0.2) is 0 Å². The van der Waals surface area contributed by atoms with Crippen molar-refractivity contribution in [2.75, 3.05) is 0 Å². The molecule has 4 saturated carbocycles. The fourth-order valence-corrected chi connectivity index (χ4v) is 8.77. The third kappa shape index (κ3) is 3.32. The van der Waals surface area contributed by atoms with Crippen LogP contribution in [0.4, 0.5) is 0 Å². The summed E-state index contributed by atoms with van der Waals surface area (Å²) >= 11 is 0. The van der Waals surface area contributed by atoms with E-state index in [-0.39, 0.29) is 6.10 Å². The lowest BCUT2D eigenvalue weighted by molar-refractivity contribution is -0.128. The molecule has 0 bridgehead atoms. The van der Waals surface area contributed by atoms with Gasteiger partial charge in [-0.2, -0.15) is 0 Å². The van der Waals surface area contributed by atoms with E-state index >= 15 is 0 Å². The average molecular weight is 387 g/mol. The van der Waals surface area contributed by atoms with Crippen molar-refractivity contribution in [3.8, 4) is 0 Å².